The number of anilines is 1. The molecule has 6 heteroatoms. The number of piperidine rings is 2. The van der Waals surface area contributed by atoms with Crippen LogP contribution < -0.4 is 10.2 Å². The Hall–Kier alpha value is -2.37. The van der Waals surface area contributed by atoms with E-state index in [1.807, 2.05) is 36.1 Å². The molecule has 2 aliphatic heterocycles. The van der Waals surface area contributed by atoms with Gasteiger partial charge >= 0.3 is 0 Å². The van der Waals surface area contributed by atoms with Crippen LogP contribution in [0.3, 0.4) is 0 Å². The van der Waals surface area contributed by atoms with Gasteiger partial charge < -0.3 is 15.1 Å². The van der Waals surface area contributed by atoms with Gasteiger partial charge in [0.25, 0.3) is 0 Å². The first kappa shape index (κ1) is 19.4. The van der Waals surface area contributed by atoms with Crippen molar-refractivity contribution in [3.8, 4) is 0 Å². The van der Waals surface area contributed by atoms with Crippen molar-refractivity contribution >= 4 is 23.8 Å². The summed E-state index contributed by atoms with van der Waals surface area (Å²) in [6, 6.07) is 7.60. The van der Waals surface area contributed by atoms with Gasteiger partial charge in [-0.2, -0.15) is 0 Å². The van der Waals surface area contributed by atoms with E-state index in [2.05, 4.69) is 10.2 Å². The van der Waals surface area contributed by atoms with Crippen LogP contribution in [0.25, 0.3) is 0 Å². The van der Waals surface area contributed by atoms with Gasteiger partial charge in [0, 0.05) is 55.8 Å². The Morgan fingerprint density at radius 3 is 2.19 bits per heavy atom. The van der Waals surface area contributed by atoms with Crippen LogP contribution >= 0.6 is 0 Å². The van der Waals surface area contributed by atoms with Gasteiger partial charge in [-0.25, -0.2) is 0 Å². The van der Waals surface area contributed by atoms with Crippen molar-refractivity contribution in [2.24, 2.45) is 11.3 Å². The molecule has 1 aromatic rings. The fourth-order valence-electron chi connectivity index (χ4n) is 4.16. The Kier molecular flexibility index (Phi) is 5.82. The summed E-state index contributed by atoms with van der Waals surface area (Å²) in [6.07, 6.45) is 3.98. The zero-order valence-electron chi connectivity index (χ0n) is 16.2. The number of aldehydes is 1. The maximum absolute atomic E-state index is 12.9. The van der Waals surface area contributed by atoms with Gasteiger partial charge in [-0.3, -0.25) is 14.4 Å². The summed E-state index contributed by atoms with van der Waals surface area (Å²) < 4.78 is 0. The van der Waals surface area contributed by atoms with Gasteiger partial charge in [-0.15, -0.1) is 0 Å². The SMILES string of the molecule is CNC(=O)C1(C)CCN(C(=O)C2CCN(c3ccc(C=O)cc3)CC2)CC1. The second kappa shape index (κ2) is 8.11. The zero-order valence-corrected chi connectivity index (χ0v) is 16.2. The molecule has 27 heavy (non-hydrogen) atoms. The lowest BCUT2D eigenvalue weighted by molar-refractivity contribution is -0.142. The van der Waals surface area contributed by atoms with E-state index in [0.717, 1.165) is 50.7 Å². The molecule has 2 heterocycles. The highest BCUT2D eigenvalue weighted by atomic mass is 16.2. The molecular formula is C21H29N3O3. The molecule has 2 aliphatic rings. The molecule has 0 radical (unpaired) electrons. The number of rotatable bonds is 4. The minimum atomic E-state index is -0.359. The molecule has 146 valence electrons. The van der Waals surface area contributed by atoms with Crippen LogP contribution in [0.2, 0.25) is 0 Å². The molecule has 0 aliphatic carbocycles. The molecule has 0 aromatic heterocycles. The molecule has 2 amide bonds. The van der Waals surface area contributed by atoms with Crippen molar-refractivity contribution in [2.45, 2.75) is 32.6 Å². The van der Waals surface area contributed by atoms with Crippen LogP contribution in [-0.4, -0.2) is 56.2 Å². The third-order valence-corrected chi connectivity index (χ3v) is 6.19. The van der Waals surface area contributed by atoms with Crippen LogP contribution in [0, 0.1) is 11.3 Å². The lowest BCUT2D eigenvalue weighted by Gasteiger charge is -2.40. The maximum atomic E-state index is 12.9. The van der Waals surface area contributed by atoms with Crippen molar-refractivity contribution in [3.05, 3.63) is 29.8 Å². The Morgan fingerprint density at radius 1 is 1.07 bits per heavy atom. The van der Waals surface area contributed by atoms with E-state index in [-0.39, 0.29) is 23.1 Å². The smallest absolute Gasteiger partial charge is 0.225 e. The number of amides is 2. The summed E-state index contributed by atoms with van der Waals surface area (Å²) in [5.41, 5.74) is 1.42. The van der Waals surface area contributed by atoms with Crippen molar-refractivity contribution in [3.63, 3.8) is 0 Å². The predicted molar refractivity (Wildman–Crippen MR) is 105 cm³/mol. The van der Waals surface area contributed by atoms with Gasteiger partial charge in [0.15, 0.2) is 0 Å². The number of nitrogens with zero attached hydrogens (tertiary/aromatic N) is 2. The number of likely N-dealkylation sites (tertiary alicyclic amines) is 1. The van der Waals surface area contributed by atoms with E-state index in [4.69, 9.17) is 0 Å². The van der Waals surface area contributed by atoms with E-state index in [1.165, 1.54) is 0 Å². The molecule has 1 N–H and O–H groups in total. The van der Waals surface area contributed by atoms with E-state index in [1.54, 1.807) is 7.05 Å². The summed E-state index contributed by atoms with van der Waals surface area (Å²) in [7, 11) is 1.67. The van der Waals surface area contributed by atoms with E-state index in [0.29, 0.717) is 18.7 Å². The molecule has 2 saturated heterocycles. The van der Waals surface area contributed by atoms with Crippen LogP contribution in [0.15, 0.2) is 24.3 Å². The molecule has 6 nitrogen and oxygen atoms in total. The fraction of sp³-hybridized carbons (Fsp3) is 0.571. The zero-order chi connectivity index (χ0) is 19.4. The predicted octanol–water partition coefficient (Wildman–Crippen LogP) is 2.09. The normalized spacial score (nSPS) is 20.2. The molecule has 0 spiro atoms. The van der Waals surface area contributed by atoms with Gasteiger partial charge in [0.05, 0.1) is 0 Å². The minimum Gasteiger partial charge on any atom is -0.371 e. The lowest BCUT2D eigenvalue weighted by Crippen LogP contribution is -2.50. The van der Waals surface area contributed by atoms with E-state index < -0.39 is 0 Å². The van der Waals surface area contributed by atoms with Crippen molar-refractivity contribution in [1.29, 1.82) is 0 Å². The topological polar surface area (TPSA) is 69.7 Å². The quantitative estimate of drug-likeness (QED) is 0.823. The summed E-state index contributed by atoms with van der Waals surface area (Å²) in [5, 5.41) is 2.74. The number of nitrogens with one attached hydrogen (secondary N) is 1. The monoisotopic (exact) mass is 371 g/mol. The molecule has 0 bridgehead atoms. The van der Waals surface area contributed by atoms with Crippen LogP contribution in [-0.2, 0) is 9.59 Å². The Balaban J connectivity index is 1.51. The van der Waals surface area contributed by atoms with E-state index in [9.17, 15) is 14.4 Å². The van der Waals surface area contributed by atoms with Crippen LogP contribution in [0.4, 0.5) is 5.69 Å². The standard InChI is InChI=1S/C21H29N3O3/c1-21(20(27)22-2)9-13-24(14-10-21)19(26)17-7-11-23(12-8-17)18-5-3-16(15-25)4-6-18/h3-6,15,17H,7-14H2,1-2H3,(H,22,27). The Bertz CT molecular complexity index is 685. The lowest BCUT2D eigenvalue weighted by atomic mass is 9.79. The second-order valence-corrected chi connectivity index (χ2v) is 7.94. The molecule has 3 rings (SSSR count). The average Bonchev–Trinajstić information content (AvgIpc) is 2.73. The number of hydrogen-bond donors (Lipinski definition) is 1. The number of benzene rings is 1. The van der Waals surface area contributed by atoms with Gasteiger partial charge in [-0.05, 0) is 49.9 Å². The highest BCUT2D eigenvalue weighted by Crippen LogP contribution is 2.33. The third kappa shape index (κ3) is 4.15. The molecule has 2 fully saturated rings. The number of carbonyl (C=O) groups excluding carboxylic acids is 3. The average molecular weight is 371 g/mol. The number of carbonyl (C=O) groups is 3. The largest absolute Gasteiger partial charge is 0.371 e. The molecule has 0 unspecified atom stereocenters. The highest BCUT2D eigenvalue weighted by molar-refractivity contribution is 5.83. The summed E-state index contributed by atoms with van der Waals surface area (Å²) in [6.45, 7) is 5.01. The minimum absolute atomic E-state index is 0.0693. The first-order chi connectivity index (χ1) is 13.0. The first-order valence-corrected chi connectivity index (χ1v) is 9.78. The van der Waals surface area contributed by atoms with Gasteiger partial charge in [-0.1, -0.05) is 6.92 Å². The molecule has 1 aromatic carbocycles. The van der Waals surface area contributed by atoms with Crippen molar-refractivity contribution in [1.82, 2.24) is 10.2 Å². The second-order valence-electron chi connectivity index (χ2n) is 7.94. The third-order valence-electron chi connectivity index (χ3n) is 6.19. The molecule has 0 atom stereocenters. The van der Waals surface area contributed by atoms with Crippen molar-refractivity contribution in [2.75, 3.05) is 38.1 Å². The van der Waals surface area contributed by atoms with Crippen LogP contribution in [0.5, 0.6) is 0 Å². The van der Waals surface area contributed by atoms with E-state index >= 15 is 0 Å². The van der Waals surface area contributed by atoms with Gasteiger partial charge in [0.2, 0.25) is 11.8 Å². The Labute approximate surface area is 160 Å². The van der Waals surface area contributed by atoms with Crippen LogP contribution in [0.1, 0.15) is 43.0 Å². The van der Waals surface area contributed by atoms with Crippen molar-refractivity contribution < 1.29 is 14.4 Å². The molecule has 0 saturated carbocycles. The number of hydrogen-bond acceptors (Lipinski definition) is 4. The van der Waals surface area contributed by atoms with Gasteiger partial charge in [0.1, 0.15) is 6.29 Å². The maximum Gasteiger partial charge on any atom is 0.225 e. The fourth-order valence-corrected chi connectivity index (χ4v) is 4.16. The molecular weight excluding hydrogens is 342 g/mol. The summed E-state index contributed by atoms with van der Waals surface area (Å²) in [5.74, 6) is 0.383. The first-order valence-electron chi connectivity index (χ1n) is 9.78. The Morgan fingerprint density at radius 2 is 1.67 bits per heavy atom. The summed E-state index contributed by atoms with van der Waals surface area (Å²) in [4.78, 5) is 39.9. The highest BCUT2D eigenvalue weighted by Gasteiger charge is 2.39. The summed E-state index contributed by atoms with van der Waals surface area (Å²) >= 11 is 0.